The molecule has 1 heterocycles. The van der Waals surface area contributed by atoms with Gasteiger partial charge in [-0.2, -0.15) is 0 Å². The first-order chi connectivity index (χ1) is 8.58. The highest BCUT2D eigenvalue weighted by atomic mass is 16.1. The summed E-state index contributed by atoms with van der Waals surface area (Å²) in [5, 5.41) is 0. The molecule has 18 heavy (non-hydrogen) atoms. The van der Waals surface area contributed by atoms with Gasteiger partial charge in [0.2, 0.25) is 5.91 Å². The quantitative estimate of drug-likeness (QED) is 0.836. The van der Waals surface area contributed by atoms with Crippen LogP contribution in [0.25, 0.3) is 11.3 Å². The summed E-state index contributed by atoms with van der Waals surface area (Å²) in [4.78, 5) is 26.1. The summed E-state index contributed by atoms with van der Waals surface area (Å²) in [6.07, 6.45) is 0. The number of carbonyl (C=O) groups excluding carboxylic acids is 2. The molecule has 2 amide bonds. The Bertz CT molecular complexity index is 606. The number of rotatable bonds is 3. The summed E-state index contributed by atoms with van der Waals surface area (Å²) < 4.78 is 0. The Hall–Kier alpha value is -2.69. The molecule has 0 aliphatic carbocycles. The molecule has 0 spiro atoms. The number of aromatic nitrogens is 1. The molecular formula is C13H11N3O2. The van der Waals surface area contributed by atoms with Gasteiger partial charge < -0.3 is 11.5 Å². The van der Waals surface area contributed by atoms with E-state index in [1.165, 1.54) is 0 Å². The van der Waals surface area contributed by atoms with Crippen molar-refractivity contribution < 1.29 is 9.59 Å². The molecule has 0 atom stereocenters. The number of amides is 2. The van der Waals surface area contributed by atoms with Crippen molar-refractivity contribution >= 4 is 11.8 Å². The van der Waals surface area contributed by atoms with E-state index in [0.29, 0.717) is 11.3 Å². The first kappa shape index (κ1) is 11.8. The van der Waals surface area contributed by atoms with Crippen LogP contribution >= 0.6 is 0 Å². The van der Waals surface area contributed by atoms with Crippen LogP contribution in [0.15, 0.2) is 42.5 Å². The second kappa shape index (κ2) is 4.67. The zero-order chi connectivity index (χ0) is 13.1. The molecule has 5 nitrogen and oxygen atoms in total. The van der Waals surface area contributed by atoms with Crippen molar-refractivity contribution in [1.82, 2.24) is 4.98 Å². The van der Waals surface area contributed by atoms with Crippen LogP contribution in [0.5, 0.6) is 0 Å². The SMILES string of the molecule is NC(=O)c1ccc(-c2cccc(C(N)=O)n2)cc1. The zero-order valence-electron chi connectivity index (χ0n) is 9.46. The third kappa shape index (κ3) is 2.35. The van der Waals surface area contributed by atoms with E-state index in [-0.39, 0.29) is 5.69 Å². The average molecular weight is 241 g/mol. The second-order valence-corrected chi connectivity index (χ2v) is 3.71. The van der Waals surface area contributed by atoms with Gasteiger partial charge in [0.05, 0.1) is 5.69 Å². The lowest BCUT2D eigenvalue weighted by molar-refractivity contribution is 0.0989. The van der Waals surface area contributed by atoms with Crippen LogP contribution in [0.4, 0.5) is 0 Å². The molecule has 0 aliphatic rings. The van der Waals surface area contributed by atoms with Gasteiger partial charge in [0.15, 0.2) is 0 Å². The molecule has 5 heteroatoms. The van der Waals surface area contributed by atoms with E-state index < -0.39 is 11.8 Å². The van der Waals surface area contributed by atoms with Gasteiger partial charge in [0, 0.05) is 11.1 Å². The van der Waals surface area contributed by atoms with Crippen molar-refractivity contribution in [1.29, 1.82) is 0 Å². The zero-order valence-corrected chi connectivity index (χ0v) is 9.46. The van der Waals surface area contributed by atoms with Gasteiger partial charge >= 0.3 is 0 Å². The second-order valence-electron chi connectivity index (χ2n) is 3.71. The van der Waals surface area contributed by atoms with Crippen molar-refractivity contribution in [3.63, 3.8) is 0 Å². The monoisotopic (exact) mass is 241 g/mol. The summed E-state index contributed by atoms with van der Waals surface area (Å²) >= 11 is 0. The molecule has 1 aromatic carbocycles. The summed E-state index contributed by atoms with van der Waals surface area (Å²) in [5.41, 5.74) is 12.3. The fourth-order valence-corrected chi connectivity index (χ4v) is 1.54. The highest BCUT2D eigenvalue weighted by Crippen LogP contribution is 2.17. The Kier molecular flexibility index (Phi) is 3.05. The van der Waals surface area contributed by atoms with Crippen molar-refractivity contribution in [3.8, 4) is 11.3 Å². The van der Waals surface area contributed by atoms with Crippen molar-refractivity contribution in [2.24, 2.45) is 11.5 Å². The maximum absolute atomic E-state index is 11.0. The van der Waals surface area contributed by atoms with Crippen molar-refractivity contribution in [2.45, 2.75) is 0 Å². The molecule has 2 rings (SSSR count). The van der Waals surface area contributed by atoms with Gasteiger partial charge in [-0.3, -0.25) is 9.59 Å². The lowest BCUT2D eigenvalue weighted by atomic mass is 10.1. The van der Waals surface area contributed by atoms with Crippen LogP contribution in [-0.2, 0) is 0 Å². The van der Waals surface area contributed by atoms with Gasteiger partial charge in [0.25, 0.3) is 5.91 Å². The number of hydrogen-bond donors (Lipinski definition) is 2. The Labute approximate surface area is 103 Å². The van der Waals surface area contributed by atoms with Crippen molar-refractivity contribution in [2.75, 3.05) is 0 Å². The van der Waals surface area contributed by atoms with Crippen LogP contribution in [0, 0.1) is 0 Å². The molecule has 0 bridgehead atoms. The van der Waals surface area contributed by atoms with Crippen LogP contribution < -0.4 is 11.5 Å². The standard InChI is InChI=1S/C13H11N3O2/c14-12(17)9-6-4-8(5-7-9)10-2-1-3-11(16-10)13(15)18/h1-7H,(H2,14,17)(H2,15,18). The molecule has 0 fully saturated rings. The summed E-state index contributed by atoms with van der Waals surface area (Å²) in [5.74, 6) is -1.06. The van der Waals surface area contributed by atoms with E-state index >= 15 is 0 Å². The van der Waals surface area contributed by atoms with E-state index in [9.17, 15) is 9.59 Å². The van der Waals surface area contributed by atoms with Crippen LogP contribution in [0.2, 0.25) is 0 Å². The Balaban J connectivity index is 2.39. The van der Waals surface area contributed by atoms with E-state index in [1.807, 2.05) is 0 Å². The van der Waals surface area contributed by atoms with Gasteiger partial charge in [-0.25, -0.2) is 4.98 Å². The number of carbonyl (C=O) groups is 2. The van der Waals surface area contributed by atoms with Crippen LogP contribution in [0.3, 0.4) is 0 Å². The fourth-order valence-electron chi connectivity index (χ4n) is 1.54. The van der Waals surface area contributed by atoms with E-state index in [0.717, 1.165) is 5.56 Å². The van der Waals surface area contributed by atoms with Crippen molar-refractivity contribution in [3.05, 3.63) is 53.7 Å². The van der Waals surface area contributed by atoms with E-state index in [1.54, 1.807) is 42.5 Å². The number of nitrogens with two attached hydrogens (primary N) is 2. The number of nitrogens with zero attached hydrogens (tertiary/aromatic N) is 1. The summed E-state index contributed by atoms with van der Waals surface area (Å²) in [6, 6.07) is 11.6. The Morgan fingerprint density at radius 1 is 0.889 bits per heavy atom. The van der Waals surface area contributed by atoms with Gasteiger partial charge in [-0.05, 0) is 24.3 Å². The predicted molar refractivity (Wildman–Crippen MR) is 66.7 cm³/mol. The predicted octanol–water partition coefficient (Wildman–Crippen LogP) is 0.946. The lowest BCUT2D eigenvalue weighted by Crippen LogP contribution is -2.13. The third-order valence-corrected chi connectivity index (χ3v) is 2.47. The maximum atomic E-state index is 11.0. The molecule has 1 aromatic heterocycles. The minimum Gasteiger partial charge on any atom is -0.366 e. The third-order valence-electron chi connectivity index (χ3n) is 2.47. The fraction of sp³-hybridized carbons (Fsp3) is 0. The summed E-state index contributed by atoms with van der Waals surface area (Å²) in [7, 11) is 0. The van der Waals surface area contributed by atoms with E-state index in [2.05, 4.69) is 4.98 Å². The number of benzene rings is 1. The molecule has 0 saturated heterocycles. The molecule has 4 N–H and O–H groups in total. The Morgan fingerprint density at radius 3 is 2.11 bits per heavy atom. The molecule has 0 aliphatic heterocycles. The molecule has 90 valence electrons. The minimum atomic E-state index is -0.578. The molecule has 0 saturated carbocycles. The number of primary amides is 2. The Morgan fingerprint density at radius 2 is 1.56 bits per heavy atom. The largest absolute Gasteiger partial charge is 0.366 e. The smallest absolute Gasteiger partial charge is 0.267 e. The normalized spacial score (nSPS) is 10.0. The molecule has 2 aromatic rings. The van der Waals surface area contributed by atoms with Crippen LogP contribution in [-0.4, -0.2) is 16.8 Å². The van der Waals surface area contributed by atoms with Gasteiger partial charge in [0.1, 0.15) is 5.69 Å². The maximum Gasteiger partial charge on any atom is 0.267 e. The van der Waals surface area contributed by atoms with Crippen LogP contribution in [0.1, 0.15) is 20.8 Å². The first-order valence-electron chi connectivity index (χ1n) is 5.25. The number of pyridine rings is 1. The molecular weight excluding hydrogens is 230 g/mol. The lowest BCUT2D eigenvalue weighted by Gasteiger charge is -2.03. The average Bonchev–Trinajstić information content (AvgIpc) is 2.39. The van der Waals surface area contributed by atoms with E-state index in [4.69, 9.17) is 11.5 Å². The first-order valence-corrected chi connectivity index (χ1v) is 5.25. The number of hydrogen-bond acceptors (Lipinski definition) is 3. The summed E-state index contributed by atoms with van der Waals surface area (Å²) in [6.45, 7) is 0. The topological polar surface area (TPSA) is 99.1 Å². The highest BCUT2D eigenvalue weighted by molar-refractivity contribution is 5.93. The minimum absolute atomic E-state index is 0.200. The van der Waals surface area contributed by atoms with Gasteiger partial charge in [-0.1, -0.05) is 18.2 Å². The molecule has 0 unspecified atom stereocenters. The highest BCUT2D eigenvalue weighted by Gasteiger charge is 2.06. The molecule has 0 radical (unpaired) electrons. The van der Waals surface area contributed by atoms with Gasteiger partial charge in [-0.15, -0.1) is 0 Å².